The summed E-state index contributed by atoms with van der Waals surface area (Å²) >= 11 is 0. The first-order chi connectivity index (χ1) is 9.25. The maximum Gasteiger partial charge on any atom is 0.156 e. The number of hydrogen-bond acceptors (Lipinski definition) is 1. The van der Waals surface area contributed by atoms with Crippen molar-refractivity contribution in [1.29, 1.82) is 0 Å². The number of rotatable bonds is 5. The lowest BCUT2D eigenvalue weighted by atomic mass is 10.0. The highest BCUT2D eigenvalue weighted by atomic mass is 16.1. The van der Waals surface area contributed by atoms with Crippen LogP contribution in [0.15, 0.2) is 66.7 Å². The Kier molecular flexibility index (Phi) is 4.68. The molecule has 0 saturated heterocycles. The molecule has 1 heteroatoms. The van der Waals surface area contributed by atoms with Gasteiger partial charge in [-0.2, -0.15) is 0 Å². The zero-order valence-electron chi connectivity index (χ0n) is 11.2. The molecule has 0 amide bonds. The number of carbonyl (C=O) groups excluding carboxylic acids is 1. The van der Waals surface area contributed by atoms with Crippen molar-refractivity contribution in [2.24, 2.45) is 0 Å². The van der Waals surface area contributed by atoms with Gasteiger partial charge in [0.25, 0.3) is 0 Å². The van der Waals surface area contributed by atoms with E-state index in [1.165, 1.54) is 5.56 Å². The fourth-order valence-electron chi connectivity index (χ4n) is 2.01. The second-order valence-corrected chi connectivity index (χ2v) is 4.65. The molecule has 0 fully saturated rings. The van der Waals surface area contributed by atoms with Gasteiger partial charge in [0, 0.05) is 6.42 Å². The van der Waals surface area contributed by atoms with Gasteiger partial charge in [-0.1, -0.05) is 60.7 Å². The van der Waals surface area contributed by atoms with Gasteiger partial charge in [-0.25, -0.2) is 0 Å². The molecule has 2 rings (SSSR count). The Labute approximate surface area is 114 Å². The Morgan fingerprint density at radius 2 is 1.53 bits per heavy atom. The summed E-state index contributed by atoms with van der Waals surface area (Å²) in [5, 5.41) is 0. The molecule has 0 heterocycles. The molecule has 0 radical (unpaired) electrons. The predicted molar refractivity (Wildman–Crippen MR) is 79.9 cm³/mol. The van der Waals surface area contributed by atoms with Gasteiger partial charge in [0.15, 0.2) is 5.78 Å². The van der Waals surface area contributed by atoms with Gasteiger partial charge in [0.2, 0.25) is 0 Å². The second kappa shape index (κ2) is 6.69. The number of aryl methyl sites for hydroxylation is 1. The first-order valence-corrected chi connectivity index (χ1v) is 6.56. The summed E-state index contributed by atoms with van der Waals surface area (Å²) in [6.07, 6.45) is 3.12. The summed E-state index contributed by atoms with van der Waals surface area (Å²) in [7, 11) is 0. The lowest BCUT2D eigenvalue weighted by molar-refractivity contribution is -0.114. The van der Waals surface area contributed by atoms with Crippen LogP contribution in [0.4, 0.5) is 0 Å². The topological polar surface area (TPSA) is 17.1 Å². The Hall–Kier alpha value is -2.15. The van der Waals surface area contributed by atoms with Crippen molar-refractivity contribution in [1.82, 2.24) is 0 Å². The molecule has 0 atom stereocenters. The highest BCUT2D eigenvalue weighted by Crippen LogP contribution is 2.13. The van der Waals surface area contributed by atoms with E-state index in [1.54, 1.807) is 6.08 Å². The molecule has 0 spiro atoms. The fraction of sp³-hybridized carbons (Fsp3) is 0.167. The molecule has 1 nitrogen and oxygen atoms in total. The molecule has 0 unspecified atom stereocenters. The average molecular weight is 250 g/mol. The molecule has 19 heavy (non-hydrogen) atoms. The van der Waals surface area contributed by atoms with Crippen LogP contribution in [0.5, 0.6) is 0 Å². The third-order valence-electron chi connectivity index (χ3n) is 3.11. The maximum absolute atomic E-state index is 11.9. The maximum atomic E-state index is 11.9. The van der Waals surface area contributed by atoms with Crippen molar-refractivity contribution in [3.63, 3.8) is 0 Å². The van der Waals surface area contributed by atoms with E-state index in [4.69, 9.17) is 0 Å². The largest absolute Gasteiger partial charge is 0.295 e. The van der Waals surface area contributed by atoms with E-state index in [0.717, 1.165) is 17.6 Å². The average Bonchev–Trinajstić information content (AvgIpc) is 2.47. The monoisotopic (exact) mass is 250 g/mol. The summed E-state index contributed by atoms with van der Waals surface area (Å²) < 4.78 is 0. The van der Waals surface area contributed by atoms with Crippen LogP contribution in [0.2, 0.25) is 0 Å². The van der Waals surface area contributed by atoms with Gasteiger partial charge >= 0.3 is 0 Å². The minimum atomic E-state index is 0.185. The van der Waals surface area contributed by atoms with Crippen molar-refractivity contribution in [3.05, 3.63) is 77.9 Å². The normalized spacial score (nSPS) is 11.3. The van der Waals surface area contributed by atoms with E-state index in [0.29, 0.717) is 6.42 Å². The number of benzene rings is 2. The van der Waals surface area contributed by atoms with Crippen LogP contribution < -0.4 is 0 Å². The van der Waals surface area contributed by atoms with Crippen LogP contribution in [0.1, 0.15) is 24.5 Å². The lowest BCUT2D eigenvalue weighted by Gasteiger charge is -2.02. The van der Waals surface area contributed by atoms with E-state index >= 15 is 0 Å². The summed E-state index contributed by atoms with van der Waals surface area (Å²) in [5.74, 6) is 0.185. The molecule has 0 aromatic heterocycles. The molecule has 0 N–H and O–H groups in total. The molecule has 2 aromatic carbocycles. The van der Waals surface area contributed by atoms with Gasteiger partial charge in [-0.3, -0.25) is 4.79 Å². The number of hydrogen-bond donors (Lipinski definition) is 0. The van der Waals surface area contributed by atoms with Crippen LogP contribution in [0.25, 0.3) is 5.57 Å². The lowest BCUT2D eigenvalue weighted by Crippen LogP contribution is -1.97. The minimum Gasteiger partial charge on any atom is -0.295 e. The Morgan fingerprint density at radius 1 is 0.947 bits per heavy atom. The molecule has 0 aliphatic carbocycles. The van der Waals surface area contributed by atoms with Crippen molar-refractivity contribution in [2.75, 3.05) is 0 Å². The quantitative estimate of drug-likeness (QED) is 0.723. The third-order valence-corrected chi connectivity index (χ3v) is 3.11. The third kappa shape index (κ3) is 4.22. The summed E-state index contributed by atoms with van der Waals surface area (Å²) in [4.78, 5) is 11.9. The number of allylic oxidation sites excluding steroid dienone is 2. The van der Waals surface area contributed by atoms with E-state index in [2.05, 4.69) is 12.1 Å². The summed E-state index contributed by atoms with van der Waals surface area (Å²) in [6.45, 7) is 1.98. The molecular formula is C18H18O. The minimum absolute atomic E-state index is 0.185. The standard InChI is InChI=1S/C18H18O/c1-15(17-10-6-3-7-11-17)14-18(19)13-12-16-8-4-2-5-9-16/h2-11,14H,12-13H2,1H3. The van der Waals surface area contributed by atoms with Crippen LogP contribution in [0.3, 0.4) is 0 Å². The molecule has 0 aliphatic heterocycles. The molecule has 2 aromatic rings. The van der Waals surface area contributed by atoms with Crippen LogP contribution in [-0.2, 0) is 11.2 Å². The van der Waals surface area contributed by atoms with Gasteiger partial charge in [0.05, 0.1) is 0 Å². The number of carbonyl (C=O) groups is 1. The molecule has 0 bridgehead atoms. The Morgan fingerprint density at radius 3 is 2.16 bits per heavy atom. The fourth-order valence-corrected chi connectivity index (χ4v) is 2.01. The first-order valence-electron chi connectivity index (χ1n) is 6.56. The van der Waals surface area contributed by atoms with Gasteiger partial charge in [0.1, 0.15) is 0 Å². The zero-order chi connectivity index (χ0) is 13.5. The zero-order valence-corrected chi connectivity index (χ0v) is 11.2. The second-order valence-electron chi connectivity index (χ2n) is 4.65. The smallest absolute Gasteiger partial charge is 0.156 e. The molecule has 96 valence electrons. The van der Waals surface area contributed by atoms with Crippen LogP contribution in [0, 0.1) is 0 Å². The van der Waals surface area contributed by atoms with E-state index < -0.39 is 0 Å². The Bertz CT molecular complexity index is 553. The van der Waals surface area contributed by atoms with Gasteiger partial charge in [-0.15, -0.1) is 0 Å². The molecule has 0 saturated carbocycles. The summed E-state index contributed by atoms with van der Waals surface area (Å²) in [6, 6.07) is 20.1. The highest BCUT2D eigenvalue weighted by molar-refractivity contribution is 5.96. The van der Waals surface area contributed by atoms with E-state index in [1.807, 2.05) is 55.5 Å². The van der Waals surface area contributed by atoms with Crippen molar-refractivity contribution in [2.45, 2.75) is 19.8 Å². The number of ketones is 1. The van der Waals surface area contributed by atoms with Crippen molar-refractivity contribution in [3.8, 4) is 0 Å². The van der Waals surface area contributed by atoms with E-state index in [9.17, 15) is 4.79 Å². The van der Waals surface area contributed by atoms with Gasteiger partial charge in [-0.05, 0) is 36.1 Å². The molecule has 0 aliphatic rings. The predicted octanol–water partition coefficient (Wildman–Crippen LogP) is 4.29. The van der Waals surface area contributed by atoms with Crippen molar-refractivity contribution >= 4 is 11.4 Å². The first kappa shape index (κ1) is 13.3. The Balaban J connectivity index is 1.94. The van der Waals surface area contributed by atoms with Crippen LogP contribution >= 0.6 is 0 Å². The highest BCUT2D eigenvalue weighted by Gasteiger charge is 2.01. The summed E-state index contributed by atoms with van der Waals surface area (Å²) in [5.41, 5.74) is 3.34. The van der Waals surface area contributed by atoms with E-state index in [-0.39, 0.29) is 5.78 Å². The molecular weight excluding hydrogens is 232 g/mol. The van der Waals surface area contributed by atoms with Crippen molar-refractivity contribution < 1.29 is 4.79 Å². The SMILES string of the molecule is CC(=CC(=O)CCc1ccccc1)c1ccccc1. The van der Waals surface area contributed by atoms with Gasteiger partial charge < -0.3 is 0 Å². The van der Waals surface area contributed by atoms with Crippen LogP contribution in [-0.4, -0.2) is 5.78 Å².